The first-order valence-corrected chi connectivity index (χ1v) is 14.6. The number of piperidine rings is 1. The standard InChI is InChI=1S/C24H27N5O5S2/c1-36(33,34)18-6-7-19-22(16-18)35-24(25-19)28-13-11-27(12-14-28)23(30)17-5-8-20(21(15-17)29(31)32)26-9-3-2-4-10-26/h5-8,15-16H,2-4,9-14H2,1H3. The zero-order valence-electron chi connectivity index (χ0n) is 19.9. The molecule has 3 aromatic rings. The van der Waals surface area contributed by atoms with E-state index in [2.05, 4.69) is 9.88 Å². The van der Waals surface area contributed by atoms with E-state index in [0.29, 0.717) is 37.4 Å². The molecule has 190 valence electrons. The predicted octanol–water partition coefficient (Wildman–Crippen LogP) is 3.56. The second-order valence-electron chi connectivity index (χ2n) is 9.19. The molecule has 10 nitrogen and oxygen atoms in total. The highest BCUT2D eigenvalue weighted by atomic mass is 32.2. The number of carbonyl (C=O) groups is 1. The molecule has 0 saturated carbocycles. The van der Waals surface area contributed by atoms with Gasteiger partial charge in [0.2, 0.25) is 0 Å². The molecule has 36 heavy (non-hydrogen) atoms. The average Bonchev–Trinajstić information content (AvgIpc) is 3.31. The van der Waals surface area contributed by atoms with Gasteiger partial charge in [-0.2, -0.15) is 0 Å². The fourth-order valence-electron chi connectivity index (χ4n) is 4.75. The fourth-order valence-corrected chi connectivity index (χ4v) is 6.53. The largest absolute Gasteiger partial charge is 0.366 e. The highest BCUT2D eigenvalue weighted by molar-refractivity contribution is 7.90. The van der Waals surface area contributed by atoms with Crippen molar-refractivity contribution < 1.29 is 18.1 Å². The lowest BCUT2D eigenvalue weighted by molar-refractivity contribution is -0.384. The van der Waals surface area contributed by atoms with Crippen molar-refractivity contribution in [1.82, 2.24) is 9.88 Å². The van der Waals surface area contributed by atoms with Gasteiger partial charge in [-0.1, -0.05) is 11.3 Å². The van der Waals surface area contributed by atoms with Gasteiger partial charge in [0.1, 0.15) is 5.69 Å². The van der Waals surface area contributed by atoms with Crippen molar-refractivity contribution in [2.45, 2.75) is 24.2 Å². The molecule has 12 heteroatoms. The first-order valence-electron chi connectivity index (χ1n) is 11.9. The quantitative estimate of drug-likeness (QED) is 0.364. The maximum atomic E-state index is 13.2. The third kappa shape index (κ3) is 4.87. The molecule has 0 aliphatic carbocycles. The van der Waals surface area contributed by atoms with Gasteiger partial charge in [-0.25, -0.2) is 13.4 Å². The highest BCUT2D eigenvalue weighted by Crippen LogP contribution is 2.33. The molecule has 0 bridgehead atoms. The van der Waals surface area contributed by atoms with Crippen LogP contribution in [0, 0.1) is 10.1 Å². The maximum Gasteiger partial charge on any atom is 0.293 e. The topological polar surface area (TPSA) is 117 Å². The molecule has 0 atom stereocenters. The van der Waals surface area contributed by atoms with Crippen molar-refractivity contribution in [3.05, 3.63) is 52.1 Å². The zero-order chi connectivity index (χ0) is 25.4. The number of nitro groups is 1. The summed E-state index contributed by atoms with van der Waals surface area (Å²) in [5.41, 5.74) is 1.62. The van der Waals surface area contributed by atoms with Crippen LogP contribution in [-0.4, -0.2) is 74.7 Å². The van der Waals surface area contributed by atoms with Crippen LogP contribution in [-0.2, 0) is 9.84 Å². The second-order valence-corrected chi connectivity index (χ2v) is 12.2. The Morgan fingerprint density at radius 3 is 2.36 bits per heavy atom. The molecule has 2 aromatic carbocycles. The van der Waals surface area contributed by atoms with Crippen molar-refractivity contribution in [3.63, 3.8) is 0 Å². The minimum atomic E-state index is -3.29. The number of nitrogens with zero attached hydrogens (tertiary/aromatic N) is 5. The van der Waals surface area contributed by atoms with Crippen LogP contribution in [0.4, 0.5) is 16.5 Å². The molecule has 0 N–H and O–H groups in total. The van der Waals surface area contributed by atoms with Crippen molar-refractivity contribution in [3.8, 4) is 0 Å². The lowest BCUT2D eigenvalue weighted by atomic mass is 10.1. The number of thiazole rings is 1. The number of sulfone groups is 1. The van der Waals surface area contributed by atoms with E-state index in [0.717, 1.165) is 47.7 Å². The summed E-state index contributed by atoms with van der Waals surface area (Å²) in [7, 11) is -3.29. The number of fused-ring (bicyclic) bond motifs is 1. The second kappa shape index (κ2) is 9.66. The highest BCUT2D eigenvalue weighted by Gasteiger charge is 2.27. The number of hydrogen-bond acceptors (Lipinski definition) is 9. The van der Waals surface area contributed by atoms with E-state index in [-0.39, 0.29) is 16.5 Å². The van der Waals surface area contributed by atoms with Gasteiger partial charge in [-0.05, 0) is 49.6 Å². The average molecular weight is 530 g/mol. The van der Waals surface area contributed by atoms with E-state index in [4.69, 9.17) is 0 Å². The summed E-state index contributed by atoms with van der Waals surface area (Å²) < 4.78 is 24.5. The molecule has 2 saturated heterocycles. The SMILES string of the molecule is CS(=O)(=O)c1ccc2nc(N3CCN(C(=O)c4ccc(N5CCCCC5)c([N+](=O)[O-])c4)CC3)sc2c1. The van der Waals surface area contributed by atoms with E-state index < -0.39 is 14.8 Å². The Hall–Kier alpha value is -3.25. The smallest absolute Gasteiger partial charge is 0.293 e. The van der Waals surface area contributed by atoms with Gasteiger partial charge in [0.05, 0.1) is 20.0 Å². The first kappa shape index (κ1) is 24.4. The third-order valence-electron chi connectivity index (χ3n) is 6.73. The van der Waals surface area contributed by atoms with Crippen LogP contribution < -0.4 is 9.80 Å². The Balaban J connectivity index is 1.29. The van der Waals surface area contributed by atoms with Gasteiger partial charge in [0.15, 0.2) is 15.0 Å². The monoisotopic (exact) mass is 529 g/mol. The molecule has 5 rings (SSSR count). The van der Waals surface area contributed by atoms with E-state index in [1.807, 2.05) is 4.90 Å². The number of piperazine rings is 1. The predicted molar refractivity (Wildman–Crippen MR) is 140 cm³/mol. The number of rotatable bonds is 5. The van der Waals surface area contributed by atoms with Crippen LogP contribution in [0.3, 0.4) is 0 Å². The lowest BCUT2D eigenvalue weighted by Crippen LogP contribution is -2.48. The van der Waals surface area contributed by atoms with Crippen LogP contribution in [0.15, 0.2) is 41.3 Å². The molecular weight excluding hydrogens is 502 g/mol. The number of amides is 1. The number of hydrogen-bond donors (Lipinski definition) is 0. The van der Waals surface area contributed by atoms with E-state index in [9.17, 15) is 23.3 Å². The molecule has 2 fully saturated rings. The number of carbonyl (C=O) groups excluding carboxylic acids is 1. The number of aromatic nitrogens is 1. The van der Waals surface area contributed by atoms with Crippen molar-refractivity contribution in [2.75, 3.05) is 55.3 Å². The molecule has 0 radical (unpaired) electrons. The lowest BCUT2D eigenvalue weighted by Gasteiger charge is -2.34. The summed E-state index contributed by atoms with van der Waals surface area (Å²) in [5, 5.41) is 12.6. The van der Waals surface area contributed by atoms with Crippen molar-refractivity contribution in [1.29, 1.82) is 0 Å². The van der Waals surface area contributed by atoms with Gasteiger partial charge < -0.3 is 14.7 Å². The van der Waals surface area contributed by atoms with E-state index in [1.165, 1.54) is 23.7 Å². The Morgan fingerprint density at radius 2 is 1.69 bits per heavy atom. The Morgan fingerprint density at radius 1 is 0.972 bits per heavy atom. The molecule has 3 heterocycles. The van der Waals surface area contributed by atoms with Gasteiger partial charge >= 0.3 is 0 Å². The minimum absolute atomic E-state index is 0.0238. The zero-order valence-corrected chi connectivity index (χ0v) is 21.6. The first-order chi connectivity index (χ1) is 17.2. The molecule has 2 aliphatic heterocycles. The molecule has 1 amide bonds. The summed E-state index contributed by atoms with van der Waals surface area (Å²) in [6.45, 7) is 3.64. The number of nitro benzene ring substituents is 1. The van der Waals surface area contributed by atoms with Crippen molar-refractivity contribution in [2.24, 2.45) is 0 Å². The number of benzene rings is 2. The van der Waals surface area contributed by atoms with Gasteiger partial charge in [0.25, 0.3) is 11.6 Å². The summed E-state index contributed by atoms with van der Waals surface area (Å²) in [6.07, 6.45) is 4.33. The molecular formula is C24H27N5O5S2. The Bertz CT molecular complexity index is 1420. The molecule has 1 aromatic heterocycles. The Labute approximate surface area is 213 Å². The summed E-state index contributed by atoms with van der Waals surface area (Å²) >= 11 is 1.43. The molecule has 0 spiro atoms. The third-order valence-corrected chi connectivity index (χ3v) is 8.92. The maximum absolute atomic E-state index is 13.2. The van der Waals surface area contributed by atoms with Gasteiger partial charge in [0, 0.05) is 57.2 Å². The van der Waals surface area contributed by atoms with Crippen LogP contribution in [0.25, 0.3) is 10.2 Å². The van der Waals surface area contributed by atoms with Crippen LogP contribution >= 0.6 is 11.3 Å². The van der Waals surface area contributed by atoms with E-state index in [1.54, 1.807) is 35.2 Å². The van der Waals surface area contributed by atoms with Crippen LogP contribution in [0.5, 0.6) is 0 Å². The van der Waals surface area contributed by atoms with E-state index >= 15 is 0 Å². The minimum Gasteiger partial charge on any atom is -0.366 e. The van der Waals surface area contributed by atoms with Crippen LogP contribution in [0.2, 0.25) is 0 Å². The fraction of sp³-hybridized carbons (Fsp3) is 0.417. The normalized spacial score (nSPS) is 17.0. The van der Waals surface area contributed by atoms with Gasteiger partial charge in [-0.15, -0.1) is 0 Å². The summed E-state index contributed by atoms with van der Waals surface area (Å²) in [5.74, 6) is -0.218. The molecule has 0 unspecified atom stereocenters. The van der Waals surface area contributed by atoms with Gasteiger partial charge in [-0.3, -0.25) is 14.9 Å². The van der Waals surface area contributed by atoms with Crippen molar-refractivity contribution >= 4 is 53.8 Å². The summed E-state index contributed by atoms with van der Waals surface area (Å²) in [4.78, 5) is 35.3. The molecule has 2 aliphatic rings. The van der Waals surface area contributed by atoms with Crippen LogP contribution in [0.1, 0.15) is 29.6 Å². The summed E-state index contributed by atoms with van der Waals surface area (Å²) in [6, 6.07) is 9.73. The number of anilines is 2. The Kier molecular flexibility index (Phi) is 6.56.